The quantitative estimate of drug-likeness (QED) is 0.861. The molecule has 2 rings (SSSR count). The lowest BCUT2D eigenvalue weighted by atomic mass is 10.2. The molecule has 0 aliphatic rings. The summed E-state index contributed by atoms with van der Waals surface area (Å²) in [5.41, 5.74) is 3.22. The predicted molar refractivity (Wildman–Crippen MR) is 75.3 cm³/mol. The average Bonchev–Trinajstić information content (AvgIpc) is 2.89. The van der Waals surface area contributed by atoms with Crippen LogP contribution in [-0.4, -0.2) is 26.5 Å². The van der Waals surface area contributed by atoms with Crippen molar-refractivity contribution < 1.29 is 0 Å². The molecule has 2 heterocycles. The van der Waals surface area contributed by atoms with Crippen LogP contribution in [0.15, 0.2) is 18.2 Å². The van der Waals surface area contributed by atoms with Crippen LogP contribution in [0.2, 0.25) is 0 Å². The van der Waals surface area contributed by atoms with E-state index < -0.39 is 0 Å². The zero-order chi connectivity index (χ0) is 13.7. The zero-order valence-electron chi connectivity index (χ0n) is 11.8. The third-order valence-electron chi connectivity index (χ3n) is 3.04. The molecule has 0 saturated heterocycles. The highest BCUT2D eigenvalue weighted by Crippen LogP contribution is 2.11. The van der Waals surface area contributed by atoms with Gasteiger partial charge >= 0.3 is 0 Å². The van der Waals surface area contributed by atoms with Crippen molar-refractivity contribution in [3.63, 3.8) is 0 Å². The molecule has 0 aliphatic heterocycles. The first-order valence-electron chi connectivity index (χ1n) is 6.90. The number of hydrogen-bond donors (Lipinski definition) is 1. The van der Waals surface area contributed by atoms with Crippen molar-refractivity contribution in [2.75, 3.05) is 6.54 Å². The van der Waals surface area contributed by atoms with E-state index in [2.05, 4.69) is 47.5 Å². The van der Waals surface area contributed by atoms with E-state index in [0.29, 0.717) is 0 Å². The zero-order valence-corrected chi connectivity index (χ0v) is 11.8. The van der Waals surface area contributed by atoms with Crippen molar-refractivity contribution in [1.29, 1.82) is 0 Å². The number of aromatic nitrogens is 4. The van der Waals surface area contributed by atoms with Crippen LogP contribution in [0, 0.1) is 0 Å². The smallest absolute Gasteiger partial charge is 0.175 e. The molecule has 0 radical (unpaired) electrons. The van der Waals surface area contributed by atoms with Crippen molar-refractivity contribution in [3.05, 3.63) is 35.3 Å². The second-order valence-corrected chi connectivity index (χ2v) is 4.41. The molecule has 1 N–H and O–H groups in total. The second-order valence-electron chi connectivity index (χ2n) is 4.41. The molecular weight excluding hydrogens is 238 g/mol. The van der Waals surface area contributed by atoms with E-state index >= 15 is 0 Å². The monoisotopic (exact) mass is 259 g/mol. The fourth-order valence-electron chi connectivity index (χ4n) is 1.91. The Morgan fingerprint density at radius 3 is 2.47 bits per heavy atom. The van der Waals surface area contributed by atoms with E-state index in [1.54, 1.807) is 0 Å². The molecule has 102 valence electrons. The van der Waals surface area contributed by atoms with Gasteiger partial charge in [-0.1, -0.05) is 20.8 Å². The molecule has 0 atom stereocenters. The van der Waals surface area contributed by atoms with Gasteiger partial charge < -0.3 is 5.32 Å². The van der Waals surface area contributed by atoms with Gasteiger partial charge in [-0.25, -0.2) is 4.68 Å². The lowest BCUT2D eigenvalue weighted by molar-refractivity contribution is 0.687. The van der Waals surface area contributed by atoms with E-state index in [1.807, 2.05) is 16.8 Å². The first-order chi connectivity index (χ1) is 9.28. The second kappa shape index (κ2) is 6.43. The Hall–Kier alpha value is -1.75. The molecule has 2 aromatic rings. The molecule has 2 aromatic heterocycles. The van der Waals surface area contributed by atoms with Crippen molar-refractivity contribution in [3.8, 4) is 5.82 Å². The Balaban J connectivity index is 2.23. The first kappa shape index (κ1) is 13.7. The number of aryl methyl sites for hydroxylation is 2. The summed E-state index contributed by atoms with van der Waals surface area (Å²) in [6.07, 6.45) is 1.87. The van der Waals surface area contributed by atoms with Gasteiger partial charge in [0, 0.05) is 12.2 Å². The Morgan fingerprint density at radius 2 is 1.89 bits per heavy atom. The number of hydrogen-bond acceptors (Lipinski definition) is 4. The summed E-state index contributed by atoms with van der Waals surface area (Å²) in [6, 6.07) is 6.11. The molecule has 0 bridgehead atoms. The van der Waals surface area contributed by atoms with E-state index in [9.17, 15) is 0 Å². The van der Waals surface area contributed by atoms with Crippen LogP contribution in [-0.2, 0) is 19.4 Å². The van der Waals surface area contributed by atoms with E-state index in [4.69, 9.17) is 0 Å². The Labute approximate surface area is 114 Å². The van der Waals surface area contributed by atoms with Gasteiger partial charge in [-0.05, 0) is 37.6 Å². The van der Waals surface area contributed by atoms with Crippen LogP contribution in [0.25, 0.3) is 5.82 Å². The van der Waals surface area contributed by atoms with Gasteiger partial charge in [-0.15, -0.1) is 5.10 Å². The SMILES string of the molecule is CCNCc1ccc(-n2nc(CC)cc2CC)nn1. The molecule has 0 spiro atoms. The lowest BCUT2D eigenvalue weighted by Gasteiger charge is -2.05. The normalized spacial score (nSPS) is 10.9. The average molecular weight is 259 g/mol. The molecule has 0 aliphatic carbocycles. The standard InChI is InChI=1S/C14H21N5/c1-4-11-9-13(5-2)19(18-11)14-8-7-12(16-17-14)10-15-6-3/h7-9,15H,4-6,10H2,1-3H3. The summed E-state index contributed by atoms with van der Waals surface area (Å²) in [4.78, 5) is 0. The first-order valence-corrected chi connectivity index (χ1v) is 6.90. The summed E-state index contributed by atoms with van der Waals surface area (Å²) in [7, 11) is 0. The van der Waals surface area contributed by atoms with Crippen LogP contribution in [0.4, 0.5) is 0 Å². The topological polar surface area (TPSA) is 55.6 Å². The van der Waals surface area contributed by atoms with Gasteiger partial charge in [-0.2, -0.15) is 10.2 Å². The molecule has 0 unspecified atom stereocenters. The highest BCUT2D eigenvalue weighted by Gasteiger charge is 2.08. The minimum absolute atomic E-state index is 0.754. The third-order valence-corrected chi connectivity index (χ3v) is 3.04. The number of rotatable bonds is 6. The molecule has 5 heteroatoms. The Morgan fingerprint density at radius 1 is 1.05 bits per heavy atom. The van der Waals surface area contributed by atoms with Gasteiger partial charge in [-0.3, -0.25) is 0 Å². The van der Waals surface area contributed by atoms with Crippen LogP contribution in [0.3, 0.4) is 0 Å². The molecule has 19 heavy (non-hydrogen) atoms. The maximum absolute atomic E-state index is 4.56. The minimum atomic E-state index is 0.754. The van der Waals surface area contributed by atoms with Crippen molar-refractivity contribution in [1.82, 2.24) is 25.3 Å². The van der Waals surface area contributed by atoms with E-state index in [0.717, 1.165) is 43.1 Å². The van der Waals surface area contributed by atoms with Gasteiger partial charge in [0.15, 0.2) is 5.82 Å². The lowest BCUT2D eigenvalue weighted by Crippen LogP contribution is -2.14. The van der Waals surface area contributed by atoms with Crippen molar-refractivity contribution in [2.45, 2.75) is 40.2 Å². The molecule has 0 aromatic carbocycles. The highest BCUT2D eigenvalue weighted by molar-refractivity contribution is 5.26. The number of nitrogens with one attached hydrogen (secondary N) is 1. The minimum Gasteiger partial charge on any atom is -0.311 e. The third kappa shape index (κ3) is 3.17. The predicted octanol–water partition coefficient (Wildman–Crippen LogP) is 1.90. The van der Waals surface area contributed by atoms with Crippen LogP contribution < -0.4 is 5.32 Å². The van der Waals surface area contributed by atoms with Gasteiger partial charge in [0.25, 0.3) is 0 Å². The van der Waals surface area contributed by atoms with E-state index in [1.165, 1.54) is 5.69 Å². The summed E-state index contributed by atoms with van der Waals surface area (Å²) < 4.78 is 1.89. The Kier molecular flexibility index (Phi) is 4.63. The summed E-state index contributed by atoms with van der Waals surface area (Å²) in [5, 5.41) is 16.3. The van der Waals surface area contributed by atoms with Gasteiger partial charge in [0.05, 0.1) is 11.4 Å². The summed E-state index contributed by atoms with van der Waals surface area (Å²) in [5.74, 6) is 0.789. The Bertz CT molecular complexity index is 515. The van der Waals surface area contributed by atoms with Crippen molar-refractivity contribution >= 4 is 0 Å². The molecular formula is C14H21N5. The summed E-state index contributed by atoms with van der Waals surface area (Å²) >= 11 is 0. The van der Waals surface area contributed by atoms with Gasteiger partial charge in [0.1, 0.15) is 0 Å². The van der Waals surface area contributed by atoms with Crippen molar-refractivity contribution in [2.24, 2.45) is 0 Å². The highest BCUT2D eigenvalue weighted by atomic mass is 15.3. The molecule has 0 amide bonds. The fraction of sp³-hybridized carbons (Fsp3) is 0.500. The van der Waals surface area contributed by atoms with Crippen LogP contribution >= 0.6 is 0 Å². The fourth-order valence-corrected chi connectivity index (χ4v) is 1.91. The van der Waals surface area contributed by atoms with Crippen LogP contribution in [0.1, 0.15) is 37.9 Å². The molecule has 5 nitrogen and oxygen atoms in total. The maximum atomic E-state index is 4.56. The molecule has 0 saturated carbocycles. The summed E-state index contributed by atoms with van der Waals surface area (Å²) in [6.45, 7) is 7.99. The van der Waals surface area contributed by atoms with Crippen LogP contribution in [0.5, 0.6) is 0 Å². The largest absolute Gasteiger partial charge is 0.311 e. The molecule has 0 fully saturated rings. The van der Waals surface area contributed by atoms with E-state index in [-0.39, 0.29) is 0 Å². The maximum Gasteiger partial charge on any atom is 0.175 e. The number of nitrogens with zero attached hydrogens (tertiary/aromatic N) is 4. The van der Waals surface area contributed by atoms with Gasteiger partial charge in [0.2, 0.25) is 0 Å².